The van der Waals surface area contributed by atoms with Gasteiger partial charge in [0.2, 0.25) is 0 Å². The highest BCUT2D eigenvalue weighted by molar-refractivity contribution is 7.80. The maximum atomic E-state index is 5.24. The van der Waals surface area contributed by atoms with Gasteiger partial charge in [-0.1, -0.05) is 13.2 Å². The first-order chi connectivity index (χ1) is 6.71. The van der Waals surface area contributed by atoms with Crippen molar-refractivity contribution in [1.29, 1.82) is 0 Å². The summed E-state index contributed by atoms with van der Waals surface area (Å²) in [5, 5.41) is 0.457. The van der Waals surface area contributed by atoms with Crippen molar-refractivity contribution in [2.45, 2.75) is 0 Å². The first kappa shape index (κ1) is 12.2. The third-order valence-corrected chi connectivity index (χ3v) is 1.75. The highest BCUT2D eigenvalue weighted by Crippen LogP contribution is 2.02. The first-order valence-corrected chi connectivity index (χ1v) is 4.24. The molecule has 0 saturated heterocycles. The fourth-order valence-corrected chi connectivity index (χ4v) is 0.995. The van der Waals surface area contributed by atoms with Gasteiger partial charge < -0.3 is 11.5 Å². The summed E-state index contributed by atoms with van der Waals surface area (Å²) in [6.07, 6.45) is 8.95. The Balaban J connectivity index is 4.69. The zero-order valence-corrected chi connectivity index (χ0v) is 8.65. The molecule has 0 saturated carbocycles. The molecule has 76 valence electrons. The van der Waals surface area contributed by atoms with Gasteiger partial charge in [-0.3, -0.25) is 9.80 Å². The molecule has 0 heterocycles. The van der Waals surface area contributed by atoms with Crippen LogP contribution in [0.5, 0.6) is 0 Å². The minimum atomic E-state index is 0.457. The molecule has 0 bridgehead atoms. The summed E-state index contributed by atoms with van der Waals surface area (Å²) >= 11 is 5.12. The second kappa shape index (κ2) is 6.73. The molecule has 0 rings (SSSR count). The molecular weight excluding hydrogens is 196 g/mol. The fourth-order valence-electron chi connectivity index (χ4n) is 0.724. The fraction of sp³-hybridized carbons (Fsp3) is 0. The van der Waals surface area contributed by atoms with Crippen LogP contribution in [0.15, 0.2) is 50.4 Å². The molecule has 0 aliphatic carbocycles. The van der Waals surface area contributed by atoms with Gasteiger partial charge in [0.1, 0.15) is 0 Å². The molecule has 0 aromatic carbocycles. The Bertz CT molecular complexity index is 244. The monoisotopic (exact) mass is 210 g/mol. The third kappa shape index (κ3) is 3.32. The van der Waals surface area contributed by atoms with Gasteiger partial charge in [-0.05, 0) is 12.2 Å². The van der Waals surface area contributed by atoms with Crippen molar-refractivity contribution in [3.63, 3.8) is 0 Å². The lowest BCUT2D eigenvalue weighted by Gasteiger charge is -2.23. The molecule has 5 heteroatoms. The van der Waals surface area contributed by atoms with E-state index >= 15 is 0 Å². The predicted octanol–water partition coefficient (Wildman–Crippen LogP) is 1.02. The lowest BCUT2D eigenvalue weighted by molar-refractivity contribution is 0.631. The van der Waals surface area contributed by atoms with Crippen LogP contribution in [-0.2, 0) is 0 Å². The van der Waals surface area contributed by atoms with Gasteiger partial charge in [-0.15, -0.1) is 0 Å². The summed E-state index contributed by atoms with van der Waals surface area (Å²) in [4.78, 5) is 3.13. The van der Waals surface area contributed by atoms with Crippen LogP contribution in [-0.4, -0.2) is 14.9 Å². The Morgan fingerprint density at radius 3 is 1.57 bits per heavy atom. The van der Waals surface area contributed by atoms with Gasteiger partial charge in [0.15, 0.2) is 5.11 Å². The summed E-state index contributed by atoms with van der Waals surface area (Å²) in [7, 11) is 0. The van der Waals surface area contributed by atoms with Crippen molar-refractivity contribution in [2.24, 2.45) is 11.5 Å². The summed E-state index contributed by atoms with van der Waals surface area (Å²) in [5.74, 6) is 0. The van der Waals surface area contributed by atoms with Crippen molar-refractivity contribution in [1.82, 2.24) is 9.80 Å². The number of thiocarbonyl (C=S) groups is 1. The number of hydrogen-bond donors (Lipinski definition) is 2. The molecule has 4 nitrogen and oxygen atoms in total. The Hall–Kier alpha value is -1.75. The Labute approximate surface area is 89.5 Å². The van der Waals surface area contributed by atoms with Gasteiger partial charge in [-0.25, -0.2) is 0 Å². The molecule has 0 spiro atoms. The van der Waals surface area contributed by atoms with Crippen LogP contribution in [0, 0.1) is 0 Å². The van der Waals surface area contributed by atoms with Crippen LogP contribution in [0.4, 0.5) is 0 Å². The van der Waals surface area contributed by atoms with E-state index in [2.05, 4.69) is 13.2 Å². The van der Waals surface area contributed by atoms with E-state index in [1.54, 1.807) is 22.2 Å². The topological polar surface area (TPSA) is 58.5 Å². The van der Waals surface area contributed by atoms with Crippen LogP contribution >= 0.6 is 12.2 Å². The molecule has 0 atom stereocenters. The van der Waals surface area contributed by atoms with Gasteiger partial charge in [0.05, 0.1) is 0 Å². The minimum absolute atomic E-state index is 0.457. The van der Waals surface area contributed by atoms with E-state index in [0.717, 1.165) is 0 Å². The quantitative estimate of drug-likeness (QED) is 0.678. The van der Waals surface area contributed by atoms with Crippen molar-refractivity contribution in [2.75, 3.05) is 0 Å². The second-order valence-corrected chi connectivity index (χ2v) is 2.51. The maximum absolute atomic E-state index is 5.24. The van der Waals surface area contributed by atoms with Crippen LogP contribution in [0.1, 0.15) is 0 Å². The maximum Gasteiger partial charge on any atom is 0.188 e. The first-order valence-electron chi connectivity index (χ1n) is 3.83. The molecular formula is C9H14N4S. The molecule has 0 aromatic rings. The van der Waals surface area contributed by atoms with Crippen molar-refractivity contribution >= 4 is 17.3 Å². The molecule has 0 fully saturated rings. The van der Waals surface area contributed by atoms with Crippen LogP contribution in [0.25, 0.3) is 0 Å². The summed E-state index contributed by atoms with van der Waals surface area (Å²) in [5.41, 5.74) is 10.5. The van der Waals surface area contributed by atoms with E-state index in [-0.39, 0.29) is 0 Å². The lowest BCUT2D eigenvalue weighted by Crippen LogP contribution is -2.30. The van der Waals surface area contributed by atoms with Gasteiger partial charge >= 0.3 is 0 Å². The molecule has 4 N–H and O–H groups in total. The molecule has 0 amide bonds. The summed E-state index contributed by atoms with van der Waals surface area (Å²) < 4.78 is 0. The SMILES string of the molecule is C=CN(/C=C\N)C(=S)N(C=C)/C=C\N. The second-order valence-electron chi connectivity index (χ2n) is 2.15. The molecule has 0 aliphatic heterocycles. The van der Waals surface area contributed by atoms with E-state index in [0.29, 0.717) is 5.11 Å². The van der Waals surface area contributed by atoms with Gasteiger partial charge in [0.25, 0.3) is 0 Å². The zero-order chi connectivity index (χ0) is 11.0. The van der Waals surface area contributed by atoms with E-state index in [4.69, 9.17) is 23.7 Å². The van der Waals surface area contributed by atoms with E-state index in [9.17, 15) is 0 Å². The predicted molar refractivity (Wildman–Crippen MR) is 63.3 cm³/mol. The van der Waals surface area contributed by atoms with Gasteiger partial charge in [0, 0.05) is 37.2 Å². The van der Waals surface area contributed by atoms with Crippen LogP contribution in [0.3, 0.4) is 0 Å². The highest BCUT2D eigenvalue weighted by Gasteiger charge is 2.06. The van der Waals surface area contributed by atoms with Crippen LogP contribution < -0.4 is 11.5 Å². The number of hydrogen-bond acceptors (Lipinski definition) is 3. The number of nitrogens with zero attached hydrogens (tertiary/aromatic N) is 2. The largest absolute Gasteiger partial charge is 0.403 e. The van der Waals surface area contributed by atoms with Crippen LogP contribution in [0.2, 0.25) is 0 Å². The summed E-state index contributed by atoms with van der Waals surface area (Å²) in [6, 6.07) is 0. The van der Waals surface area contributed by atoms with E-state index < -0.39 is 0 Å². The molecule has 14 heavy (non-hydrogen) atoms. The van der Waals surface area contributed by atoms with Crippen molar-refractivity contribution < 1.29 is 0 Å². The average molecular weight is 210 g/mol. The Morgan fingerprint density at radius 1 is 1.00 bits per heavy atom. The molecule has 0 aliphatic rings. The van der Waals surface area contributed by atoms with E-state index in [1.807, 2.05) is 0 Å². The number of nitrogens with two attached hydrogens (primary N) is 2. The van der Waals surface area contributed by atoms with E-state index in [1.165, 1.54) is 24.8 Å². The van der Waals surface area contributed by atoms with Crippen molar-refractivity contribution in [3.8, 4) is 0 Å². The molecule has 0 unspecified atom stereocenters. The Morgan fingerprint density at radius 2 is 1.36 bits per heavy atom. The average Bonchev–Trinajstić information content (AvgIpc) is 2.21. The number of rotatable bonds is 4. The zero-order valence-electron chi connectivity index (χ0n) is 7.84. The Kier molecular flexibility index (Phi) is 5.89. The van der Waals surface area contributed by atoms with Crippen molar-refractivity contribution in [3.05, 3.63) is 50.4 Å². The lowest BCUT2D eigenvalue weighted by atomic mass is 10.6. The molecule has 0 aromatic heterocycles. The summed E-state index contributed by atoms with van der Waals surface area (Å²) in [6.45, 7) is 7.19. The normalized spacial score (nSPS) is 10.3. The third-order valence-electron chi connectivity index (χ3n) is 1.33. The minimum Gasteiger partial charge on any atom is -0.403 e. The smallest absolute Gasteiger partial charge is 0.188 e. The standard InChI is InChI=1S/C9H14N4S/c1-3-12(7-5-10)9(14)13(4-2)8-6-11/h3-8H,1-2,10-11H2/b7-5-,8-6-. The van der Waals surface area contributed by atoms with Gasteiger partial charge in [-0.2, -0.15) is 0 Å². The highest BCUT2D eigenvalue weighted by atomic mass is 32.1. The molecule has 0 radical (unpaired) electrons.